The van der Waals surface area contributed by atoms with Crippen LogP contribution < -0.4 is 19.7 Å². The van der Waals surface area contributed by atoms with Gasteiger partial charge in [-0.15, -0.1) is 4.83 Å². The van der Waals surface area contributed by atoms with Crippen LogP contribution in [0.5, 0.6) is 11.5 Å². The third kappa shape index (κ3) is 4.94. The molecule has 0 atom stereocenters. The number of amides is 1. The predicted octanol–water partition coefficient (Wildman–Crippen LogP) is 0.955. The number of benzene rings is 2. The lowest BCUT2D eigenvalue weighted by atomic mass is 10.2. The number of nitriles is 1. The number of hydrogen-bond donors (Lipinski definition) is 2. The third-order valence-electron chi connectivity index (χ3n) is 3.05. The van der Waals surface area contributed by atoms with Crippen LogP contribution in [0.4, 0.5) is 0 Å². The molecule has 0 aliphatic heterocycles. The fourth-order valence-electron chi connectivity index (χ4n) is 1.81. The number of rotatable bonds is 7. The summed E-state index contributed by atoms with van der Waals surface area (Å²) in [6.07, 6.45) is 0. The van der Waals surface area contributed by atoms with Gasteiger partial charge in [0.15, 0.2) is 18.1 Å². The van der Waals surface area contributed by atoms with Crippen molar-refractivity contribution in [2.24, 2.45) is 0 Å². The van der Waals surface area contributed by atoms with Gasteiger partial charge in [0.25, 0.3) is 15.9 Å². The summed E-state index contributed by atoms with van der Waals surface area (Å²) in [5, 5.41) is 8.70. The quantitative estimate of drug-likeness (QED) is 0.709. The minimum atomic E-state index is -3.95. The van der Waals surface area contributed by atoms with E-state index in [1.807, 2.05) is 10.9 Å². The van der Waals surface area contributed by atoms with Crippen molar-refractivity contribution in [3.8, 4) is 17.6 Å². The van der Waals surface area contributed by atoms with Gasteiger partial charge in [-0.05, 0) is 36.4 Å². The zero-order valence-corrected chi connectivity index (χ0v) is 14.0. The molecule has 0 aliphatic rings. The van der Waals surface area contributed by atoms with Crippen LogP contribution in [-0.4, -0.2) is 28.0 Å². The number of carbonyl (C=O) groups is 1. The average molecular weight is 361 g/mol. The standard InChI is InChI=1S/C16H15N3O5S/c1-23-14-4-2-3-5-15(14)24-11-16(20)18-19-25(21,22)13-8-6-12(10-17)7-9-13/h2-9,19H,11H2,1H3,(H,18,20). The van der Waals surface area contributed by atoms with E-state index >= 15 is 0 Å². The van der Waals surface area contributed by atoms with Crippen LogP contribution >= 0.6 is 0 Å². The number of methoxy groups -OCH3 is 1. The molecule has 2 N–H and O–H groups in total. The van der Waals surface area contributed by atoms with Gasteiger partial charge < -0.3 is 9.47 Å². The van der Waals surface area contributed by atoms with Crippen molar-refractivity contribution in [1.29, 1.82) is 5.26 Å². The highest BCUT2D eigenvalue weighted by Gasteiger charge is 2.15. The normalized spacial score (nSPS) is 10.6. The monoisotopic (exact) mass is 361 g/mol. The van der Waals surface area contributed by atoms with Gasteiger partial charge >= 0.3 is 0 Å². The first-order valence-electron chi connectivity index (χ1n) is 7.03. The van der Waals surface area contributed by atoms with Crippen molar-refractivity contribution in [3.63, 3.8) is 0 Å². The van der Waals surface area contributed by atoms with Gasteiger partial charge in [0, 0.05) is 0 Å². The number of nitrogens with zero attached hydrogens (tertiary/aromatic N) is 1. The summed E-state index contributed by atoms with van der Waals surface area (Å²) in [6.45, 7) is -0.406. The van der Waals surface area contributed by atoms with Crippen molar-refractivity contribution in [2.75, 3.05) is 13.7 Å². The molecule has 0 aromatic heterocycles. The van der Waals surface area contributed by atoms with Crippen LogP contribution in [0.3, 0.4) is 0 Å². The molecule has 2 rings (SSSR count). The second kappa shape index (κ2) is 8.14. The highest BCUT2D eigenvalue weighted by molar-refractivity contribution is 7.89. The molecule has 0 bridgehead atoms. The van der Waals surface area contributed by atoms with Gasteiger partial charge in [0.1, 0.15) is 0 Å². The van der Waals surface area contributed by atoms with E-state index in [1.165, 1.54) is 31.4 Å². The molecule has 2 aromatic carbocycles. The molecule has 0 fully saturated rings. The fraction of sp³-hybridized carbons (Fsp3) is 0.125. The Morgan fingerprint density at radius 3 is 2.36 bits per heavy atom. The Labute approximate surface area is 145 Å². The third-order valence-corrected chi connectivity index (χ3v) is 4.31. The largest absolute Gasteiger partial charge is 0.493 e. The van der Waals surface area contributed by atoms with Gasteiger partial charge in [-0.25, -0.2) is 8.42 Å². The van der Waals surface area contributed by atoms with E-state index in [0.717, 1.165) is 0 Å². The first kappa shape index (κ1) is 18.3. The molecule has 130 valence electrons. The van der Waals surface area contributed by atoms with Crippen LogP contribution in [0, 0.1) is 11.3 Å². The molecule has 0 spiro atoms. The summed E-state index contributed by atoms with van der Waals surface area (Å²) in [6, 6.07) is 13.9. The summed E-state index contributed by atoms with van der Waals surface area (Å²) in [5.74, 6) is 0.117. The first-order chi connectivity index (χ1) is 12.0. The molecule has 2 aromatic rings. The lowest BCUT2D eigenvalue weighted by molar-refractivity contribution is -0.123. The predicted molar refractivity (Wildman–Crippen MR) is 88.1 cm³/mol. The molecule has 0 aliphatic carbocycles. The maximum atomic E-state index is 12.0. The van der Waals surface area contributed by atoms with Crippen LogP contribution in [-0.2, 0) is 14.8 Å². The van der Waals surface area contributed by atoms with Crippen molar-refractivity contribution in [2.45, 2.75) is 4.90 Å². The topological polar surface area (TPSA) is 118 Å². The van der Waals surface area contributed by atoms with E-state index in [1.54, 1.807) is 24.3 Å². The summed E-state index contributed by atoms with van der Waals surface area (Å²) < 4.78 is 34.4. The maximum Gasteiger partial charge on any atom is 0.272 e. The molecule has 0 saturated carbocycles. The zero-order chi connectivity index (χ0) is 18.3. The highest BCUT2D eigenvalue weighted by atomic mass is 32.2. The van der Waals surface area contributed by atoms with E-state index in [-0.39, 0.29) is 4.90 Å². The molecule has 9 heteroatoms. The molecule has 8 nitrogen and oxygen atoms in total. The number of nitrogens with one attached hydrogen (secondary N) is 2. The smallest absolute Gasteiger partial charge is 0.272 e. The highest BCUT2D eigenvalue weighted by Crippen LogP contribution is 2.25. The van der Waals surface area contributed by atoms with E-state index < -0.39 is 22.5 Å². The summed E-state index contributed by atoms with van der Waals surface area (Å²) >= 11 is 0. The van der Waals surface area contributed by atoms with Crippen LogP contribution in [0.15, 0.2) is 53.4 Å². The number of sulfonamides is 1. The van der Waals surface area contributed by atoms with E-state index in [2.05, 4.69) is 5.43 Å². The molecular formula is C16H15N3O5S. The minimum absolute atomic E-state index is 0.0857. The Kier molecular flexibility index (Phi) is 5.94. The summed E-state index contributed by atoms with van der Waals surface area (Å²) in [5.41, 5.74) is 2.38. The summed E-state index contributed by atoms with van der Waals surface area (Å²) in [7, 11) is -2.48. The number of hydrogen-bond acceptors (Lipinski definition) is 6. The molecule has 25 heavy (non-hydrogen) atoms. The van der Waals surface area contributed by atoms with Gasteiger partial charge in [0.2, 0.25) is 0 Å². The van der Waals surface area contributed by atoms with Crippen molar-refractivity contribution in [3.05, 3.63) is 54.1 Å². The van der Waals surface area contributed by atoms with Crippen molar-refractivity contribution < 1.29 is 22.7 Å². The second-order valence-electron chi connectivity index (χ2n) is 4.73. The Balaban J connectivity index is 1.91. The SMILES string of the molecule is COc1ccccc1OCC(=O)NNS(=O)(=O)c1ccc(C#N)cc1. The Morgan fingerprint density at radius 1 is 1.12 bits per heavy atom. The van der Waals surface area contributed by atoms with Gasteiger partial charge in [-0.1, -0.05) is 12.1 Å². The number of hydrazine groups is 1. The van der Waals surface area contributed by atoms with Crippen molar-refractivity contribution in [1.82, 2.24) is 10.3 Å². The minimum Gasteiger partial charge on any atom is -0.493 e. The molecule has 0 saturated heterocycles. The molecule has 0 heterocycles. The second-order valence-corrected chi connectivity index (χ2v) is 6.41. The van der Waals surface area contributed by atoms with Crippen LogP contribution in [0.25, 0.3) is 0 Å². The number of para-hydroxylation sites is 2. The van der Waals surface area contributed by atoms with E-state index in [4.69, 9.17) is 14.7 Å². The van der Waals surface area contributed by atoms with Crippen LogP contribution in [0.1, 0.15) is 5.56 Å². The van der Waals surface area contributed by atoms with E-state index in [0.29, 0.717) is 17.1 Å². The van der Waals surface area contributed by atoms with Crippen molar-refractivity contribution >= 4 is 15.9 Å². The maximum absolute atomic E-state index is 12.0. The Hall–Kier alpha value is -3.09. The average Bonchev–Trinajstić information content (AvgIpc) is 2.65. The first-order valence-corrected chi connectivity index (χ1v) is 8.51. The van der Waals surface area contributed by atoms with Gasteiger partial charge in [0.05, 0.1) is 23.6 Å². The molecule has 0 unspecified atom stereocenters. The zero-order valence-electron chi connectivity index (χ0n) is 13.2. The number of carbonyl (C=O) groups excluding carboxylic acids is 1. The van der Waals surface area contributed by atoms with Gasteiger partial charge in [-0.3, -0.25) is 10.2 Å². The molecular weight excluding hydrogens is 346 g/mol. The lowest BCUT2D eigenvalue weighted by Crippen LogP contribution is -2.43. The summed E-state index contributed by atoms with van der Waals surface area (Å²) in [4.78, 5) is 13.6. The number of ether oxygens (including phenoxy) is 2. The fourth-order valence-corrected chi connectivity index (χ4v) is 2.67. The Morgan fingerprint density at radius 2 is 1.76 bits per heavy atom. The molecule has 1 amide bonds. The molecule has 0 radical (unpaired) electrons. The van der Waals surface area contributed by atoms with Gasteiger partial charge in [-0.2, -0.15) is 5.26 Å². The van der Waals surface area contributed by atoms with E-state index in [9.17, 15) is 13.2 Å². The lowest BCUT2D eigenvalue weighted by Gasteiger charge is -2.11. The Bertz CT molecular complexity index is 889. The van der Waals surface area contributed by atoms with Crippen LogP contribution in [0.2, 0.25) is 0 Å².